The van der Waals surface area contributed by atoms with Crippen molar-refractivity contribution in [3.05, 3.63) is 21.4 Å². The SMILES string of the molecule is CCOC(=O)c1sc(C=O)cc1C. The molecule has 0 aromatic carbocycles. The fourth-order valence-corrected chi connectivity index (χ4v) is 1.85. The van der Waals surface area contributed by atoms with Crippen LogP contribution < -0.4 is 0 Å². The number of carbonyl (C=O) groups excluding carboxylic acids is 2. The Morgan fingerprint density at radius 2 is 2.38 bits per heavy atom. The second-order valence-corrected chi connectivity index (χ2v) is 3.58. The van der Waals surface area contributed by atoms with Gasteiger partial charge in [-0.3, -0.25) is 4.79 Å². The summed E-state index contributed by atoms with van der Waals surface area (Å²) < 4.78 is 4.82. The van der Waals surface area contributed by atoms with Crippen LogP contribution in [0.1, 0.15) is 31.8 Å². The quantitative estimate of drug-likeness (QED) is 0.551. The average Bonchev–Trinajstić information content (AvgIpc) is 2.47. The van der Waals surface area contributed by atoms with Gasteiger partial charge >= 0.3 is 5.97 Å². The van der Waals surface area contributed by atoms with E-state index in [0.29, 0.717) is 16.4 Å². The van der Waals surface area contributed by atoms with Crippen LogP contribution in [-0.4, -0.2) is 18.9 Å². The second-order valence-electron chi connectivity index (χ2n) is 2.50. The van der Waals surface area contributed by atoms with Gasteiger partial charge in [0.25, 0.3) is 0 Å². The molecule has 0 saturated heterocycles. The van der Waals surface area contributed by atoms with Crippen LogP contribution in [0.15, 0.2) is 6.07 Å². The predicted molar refractivity (Wildman–Crippen MR) is 50.4 cm³/mol. The van der Waals surface area contributed by atoms with Gasteiger partial charge in [-0.15, -0.1) is 11.3 Å². The summed E-state index contributed by atoms with van der Waals surface area (Å²) in [6.45, 7) is 3.89. The monoisotopic (exact) mass is 198 g/mol. The number of aldehydes is 1. The lowest BCUT2D eigenvalue weighted by molar-refractivity contribution is 0.0531. The number of aryl methyl sites for hydroxylation is 1. The molecule has 0 unspecified atom stereocenters. The summed E-state index contributed by atoms with van der Waals surface area (Å²) in [6, 6.07) is 1.68. The molecule has 70 valence electrons. The van der Waals surface area contributed by atoms with Crippen molar-refractivity contribution >= 4 is 23.6 Å². The summed E-state index contributed by atoms with van der Waals surface area (Å²) >= 11 is 1.16. The summed E-state index contributed by atoms with van der Waals surface area (Å²) in [4.78, 5) is 22.8. The third kappa shape index (κ3) is 2.15. The van der Waals surface area contributed by atoms with E-state index in [1.165, 1.54) is 0 Å². The van der Waals surface area contributed by atoms with Gasteiger partial charge in [0.2, 0.25) is 0 Å². The number of carbonyl (C=O) groups is 2. The van der Waals surface area contributed by atoms with E-state index < -0.39 is 0 Å². The molecule has 0 aliphatic carbocycles. The maximum Gasteiger partial charge on any atom is 0.348 e. The topological polar surface area (TPSA) is 43.4 Å². The fraction of sp³-hybridized carbons (Fsp3) is 0.333. The molecule has 0 N–H and O–H groups in total. The Bertz CT molecular complexity index is 328. The van der Waals surface area contributed by atoms with Gasteiger partial charge in [0.1, 0.15) is 4.88 Å². The van der Waals surface area contributed by atoms with E-state index in [-0.39, 0.29) is 5.97 Å². The molecule has 0 fully saturated rings. The van der Waals surface area contributed by atoms with Gasteiger partial charge in [0.15, 0.2) is 6.29 Å². The number of ether oxygens (including phenoxy) is 1. The Labute approximate surface area is 80.3 Å². The van der Waals surface area contributed by atoms with Gasteiger partial charge in [0.05, 0.1) is 11.5 Å². The zero-order chi connectivity index (χ0) is 9.84. The number of thiophene rings is 1. The summed E-state index contributed by atoms with van der Waals surface area (Å²) in [5, 5.41) is 0. The Balaban J connectivity index is 2.93. The zero-order valence-corrected chi connectivity index (χ0v) is 8.31. The van der Waals surface area contributed by atoms with E-state index in [0.717, 1.165) is 23.2 Å². The van der Waals surface area contributed by atoms with E-state index in [1.54, 1.807) is 19.9 Å². The molecule has 0 aliphatic heterocycles. The Hall–Kier alpha value is -1.16. The molecular weight excluding hydrogens is 188 g/mol. The standard InChI is InChI=1S/C9H10O3S/c1-3-12-9(11)8-6(2)4-7(5-10)13-8/h4-5H,3H2,1-2H3. The van der Waals surface area contributed by atoms with Crippen LogP contribution in [-0.2, 0) is 4.74 Å². The highest BCUT2D eigenvalue weighted by atomic mass is 32.1. The first-order valence-electron chi connectivity index (χ1n) is 3.91. The zero-order valence-electron chi connectivity index (χ0n) is 7.49. The molecule has 1 aromatic rings. The Morgan fingerprint density at radius 3 is 2.85 bits per heavy atom. The highest BCUT2D eigenvalue weighted by Crippen LogP contribution is 2.21. The minimum absolute atomic E-state index is 0.349. The van der Waals surface area contributed by atoms with Gasteiger partial charge in [-0.05, 0) is 25.5 Å². The average molecular weight is 198 g/mol. The van der Waals surface area contributed by atoms with Gasteiger partial charge in [-0.25, -0.2) is 4.79 Å². The molecule has 0 saturated carbocycles. The van der Waals surface area contributed by atoms with E-state index in [1.807, 2.05) is 0 Å². The summed E-state index contributed by atoms with van der Waals surface area (Å²) in [7, 11) is 0. The molecule has 3 nitrogen and oxygen atoms in total. The number of esters is 1. The van der Waals surface area contributed by atoms with Crippen LogP contribution >= 0.6 is 11.3 Å². The van der Waals surface area contributed by atoms with Crippen LogP contribution in [0.2, 0.25) is 0 Å². The van der Waals surface area contributed by atoms with Crippen LogP contribution in [0.4, 0.5) is 0 Å². The first-order chi connectivity index (χ1) is 6.19. The fourth-order valence-electron chi connectivity index (χ4n) is 0.964. The lowest BCUT2D eigenvalue weighted by atomic mass is 10.3. The first-order valence-corrected chi connectivity index (χ1v) is 4.73. The van der Waals surface area contributed by atoms with Crippen molar-refractivity contribution in [2.45, 2.75) is 13.8 Å². The minimum Gasteiger partial charge on any atom is -0.462 e. The predicted octanol–water partition coefficient (Wildman–Crippen LogP) is 2.05. The van der Waals surface area contributed by atoms with Crippen LogP contribution in [0.3, 0.4) is 0 Å². The molecule has 0 bridgehead atoms. The molecule has 0 radical (unpaired) electrons. The van der Waals surface area contributed by atoms with Crippen molar-refractivity contribution in [2.75, 3.05) is 6.61 Å². The van der Waals surface area contributed by atoms with Crippen molar-refractivity contribution in [2.24, 2.45) is 0 Å². The lowest BCUT2D eigenvalue weighted by Crippen LogP contribution is -2.03. The maximum atomic E-state index is 11.3. The van der Waals surface area contributed by atoms with Crippen molar-refractivity contribution in [3.8, 4) is 0 Å². The van der Waals surface area contributed by atoms with Crippen LogP contribution in [0.5, 0.6) is 0 Å². The summed E-state index contributed by atoms with van der Waals surface area (Å²) in [5.74, 6) is -0.349. The normalized spacial score (nSPS) is 9.69. The molecule has 4 heteroatoms. The molecule has 13 heavy (non-hydrogen) atoms. The maximum absolute atomic E-state index is 11.3. The molecule has 1 rings (SSSR count). The summed E-state index contributed by atoms with van der Waals surface area (Å²) in [5.41, 5.74) is 0.797. The largest absolute Gasteiger partial charge is 0.462 e. The molecule has 0 atom stereocenters. The highest BCUT2D eigenvalue weighted by Gasteiger charge is 2.13. The van der Waals surface area contributed by atoms with Crippen molar-refractivity contribution in [1.82, 2.24) is 0 Å². The van der Waals surface area contributed by atoms with E-state index in [2.05, 4.69) is 0 Å². The lowest BCUT2D eigenvalue weighted by Gasteiger charge is -1.98. The third-order valence-corrected chi connectivity index (χ3v) is 2.66. The number of rotatable bonds is 3. The van der Waals surface area contributed by atoms with Gasteiger partial charge in [-0.2, -0.15) is 0 Å². The van der Waals surface area contributed by atoms with E-state index >= 15 is 0 Å². The van der Waals surface area contributed by atoms with Crippen molar-refractivity contribution < 1.29 is 14.3 Å². The van der Waals surface area contributed by atoms with Crippen LogP contribution in [0.25, 0.3) is 0 Å². The van der Waals surface area contributed by atoms with E-state index in [9.17, 15) is 9.59 Å². The van der Waals surface area contributed by atoms with E-state index in [4.69, 9.17) is 4.74 Å². The van der Waals surface area contributed by atoms with Gasteiger partial charge in [-0.1, -0.05) is 0 Å². The molecule has 0 spiro atoms. The van der Waals surface area contributed by atoms with Crippen LogP contribution in [0, 0.1) is 6.92 Å². The van der Waals surface area contributed by atoms with Gasteiger partial charge in [0, 0.05) is 0 Å². The Kier molecular flexibility index (Phi) is 3.19. The number of hydrogen-bond acceptors (Lipinski definition) is 4. The second kappa shape index (κ2) is 4.18. The molecule has 1 aromatic heterocycles. The smallest absolute Gasteiger partial charge is 0.348 e. The van der Waals surface area contributed by atoms with Gasteiger partial charge < -0.3 is 4.74 Å². The van der Waals surface area contributed by atoms with Crippen molar-refractivity contribution in [1.29, 1.82) is 0 Å². The Morgan fingerprint density at radius 1 is 1.69 bits per heavy atom. The summed E-state index contributed by atoms with van der Waals surface area (Å²) in [6.07, 6.45) is 0.737. The van der Waals surface area contributed by atoms with Crippen molar-refractivity contribution in [3.63, 3.8) is 0 Å². The minimum atomic E-state index is -0.349. The highest BCUT2D eigenvalue weighted by molar-refractivity contribution is 7.15. The first kappa shape index (κ1) is 9.92. The molecular formula is C9H10O3S. The number of hydrogen-bond donors (Lipinski definition) is 0. The molecule has 0 amide bonds. The third-order valence-electron chi connectivity index (χ3n) is 1.51. The molecule has 0 aliphatic rings. The molecule has 1 heterocycles.